The summed E-state index contributed by atoms with van der Waals surface area (Å²) < 4.78 is 23.2. The first-order valence-electron chi connectivity index (χ1n) is 6.81. The van der Waals surface area contributed by atoms with Crippen LogP contribution in [0.5, 0.6) is 0 Å². The van der Waals surface area contributed by atoms with E-state index in [1.807, 2.05) is 18.7 Å². The number of rotatable bonds is 8. The molecule has 0 bridgehead atoms. The molecule has 1 aliphatic rings. The van der Waals surface area contributed by atoms with Crippen LogP contribution in [0.3, 0.4) is 0 Å². The molecule has 0 aromatic carbocycles. The first-order chi connectivity index (χ1) is 9.78. The topological polar surface area (TPSA) is 36.9 Å². The van der Waals surface area contributed by atoms with Gasteiger partial charge in [0.05, 0.1) is 10.3 Å². The minimum atomic E-state index is -0.594. The maximum atomic E-state index is 5.98. The minimum Gasteiger partial charge on any atom is -0.385 e. The van der Waals surface area contributed by atoms with Crippen LogP contribution in [0.1, 0.15) is 31.4 Å². The Labute approximate surface area is 128 Å². The van der Waals surface area contributed by atoms with Gasteiger partial charge >= 0.3 is 0 Å². The number of thiophene rings is 1. The van der Waals surface area contributed by atoms with E-state index in [1.54, 1.807) is 25.6 Å². The van der Waals surface area contributed by atoms with Gasteiger partial charge in [0.1, 0.15) is 0 Å². The van der Waals surface area contributed by atoms with E-state index in [2.05, 4.69) is 11.4 Å². The van der Waals surface area contributed by atoms with Gasteiger partial charge in [-0.15, -0.1) is 23.1 Å². The zero-order valence-corrected chi connectivity index (χ0v) is 13.8. The lowest BCUT2D eigenvalue weighted by Crippen LogP contribution is -2.26. The summed E-state index contributed by atoms with van der Waals surface area (Å²) in [5.74, 6) is 0. The molecule has 0 saturated heterocycles. The number of ether oxygens (including phenoxy) is 4. The average molecular weight is 318 g/mol. The van der Waals surface area contributed by atoms with Crippen LogP contribution in [-0.4, -0.2) is 39.2 Å². The van der Waals surface area contributed by atoms with E-state index in [1.165, 1.54) is 9.77 Å². The molecule has 3 unspecified atom stereocenters. The summed E-state index contributed by atoms with van der Waals surface area (Å²) in [7, 11) is 3.35. The van der Waals surface area contributed by atoms with Gasteiger partial charge in [0.25, 0.3) is 6.48 Å². The lowest BCUT2D eigenvalue weighted by molar-refractivity contribution is -0.295. The van der Waals surface area contributed by atoms with Crippen molar-refractivity contribution in [2.45, 2.75) is 41.8 Å². The highest BCUT2D eigenvalue weighted by atomic mass is 32.2. The summed E-state index contributed by atoms with van der Waals surface area (Å²) in [6, 6.07) is 2.14. The molecule has 0 amide bonds. The molecular weight excluding hydrogens is 296 g/mol. The van der Waals surface area contributed by atoms with Crippen molar-refractivity contribution in [2.24, 2.45) is 0 Å². The van der Waals surface area contributed by atoms with E-state index in [-0.39, 0.29) is 6.10 Å². The molecule has 0 fully saturated rings. The monoisotopic (exact) mass is 318 g/mol. The van der Waals surface area contributed by atoms with Gasteiger partial charge in [0.2, 0.25) is 0 Å². The van der Waals surface area contributed by atoms with Gasteiger partial charge in [-0.3, -0.25) is 0 Å². The van der Waals surface area contributed by atoms with Gasteiger partial charge in [0, 0.05) is 38.2 Å². The zero-order valence-electron chi connectivity index (χ0n) is 12.2. The highest BCUT2D eigenvalue weighted by Gasteiger charge is 2.31. The van der Waals surface area contributed by atoms with Gasteiger partial charge < -0.3 is 18.9 Å². The van der Waals surface area contributed by atoms with Crippen LogP contribution < -0.4 is 0 Å². The van der Waals surface area contributed by atoms with Gasteiger partial charge in [0.15, 0.2) is 0 Å². The second kappa shape index (κ2) is 8.36. The smallest absolute Gasteiger partial charge is 0.271 e. The van der Waals surface area contributed by atoms with Crippen LogP contribution in [0.15, 0.2) is 15.7 Å². The van der Waals surface area contributed by atoms with Crippen molar-refractivity contribution in [3.05, 3.63) is 17.0 Å². The summed E-state index contributed by atoms with van der Waals surface area (Å²) in [5, 5.41) is 2.64. The van der Waals surface area contributed by atoms with Crippen LogP contribution >= 0.6 is 23.1 Å². The molecule has 1 aromatic heterocycles. The molecule has 2 rings (SSSR count). The summed E-state index contributed by atoms with van der Waals surface area (Å²) >= 11 is 3.71. The first kappa shape index (κ1) is 16.3. The summed E-state index contributed by atoms with van der Waals surface area (Å²) in [6.45, 7) is 2.70. The first-order valence-corrected chi connectivity index (χ1v) is 8.57. The van der Waals surface area contributed by atoms with Crippen LogP contribution in [0.4, 0.5) is 0 Å². The van der Waals surface area contributed by atoms with Crippen molar-refractivity contribution < 1.29 is 18.9 Å². The lowest BCUT2D eigenvalue weighted by Gasteiger charge is -2.31. The van der Waals surface area contributed by atoms with E-state index in [0.717, 1.165) is 19.4 Å². The molecule has 4 nitrogen and oxygen atoms in total. The Morgan fingerprint density at radius 2 is 2.25 bits per heavy atom. The zero-order chi connectivity index (χ0) is 14.4. The second-order valence-corrected chi connectivity index (χ2v) is 7.01. The Kier molecular flexibility index (Phi) is 6.80. The van der Waals surface area contributed by atoms with Gasteiger partial charge in [-0.2, -0.15) is 0 Å². The number of hydrogen-bond donors (Lipinski definition) is 0. The fraction of sp³-hybridized carbons (Fsp3) is 0.714. The Morgan fingerprint density at radius 1 is 1.40 bits per heavy atom. The third kappa shape index (κ3) is 4.19. The maximum absolute atomic E-state index is 5.98. The molecule has 20 heavy (non-hydrogen) atoms. The SMILES string of the molecule is CCOC(OC)OC1CC(CCOC)Sc2sccc21. The summed E-state index contributed by atoms with van der Waals surface area (Å²) in [5.41, 5.74) is 1.26. The van der Waals surface area contributed by atoms with Crippen molar-refractivity contribution in [3.8, 4) is 0 Å². The molecule has 1 aromatic rings. The lowest BCUT2D eigenvalue weighted by atomic mass is 10.1. The fourth-order valence-electron chi connectivity index (χ4n) is 2.19. The molecule has 0 spiro atoms. The maximum Gasteiger partial charge on any atom is 0.271 e. The van der Waals surface area contributed by atoms with Crippen LogP contribution in [0.25, 0.3) is 0 Å². The summed E-state index contributed by atoms with van der Waals surface area (Å²) in [6.07, 6.45) is 2.03. The Balaban J connectivity index is 2.03. The highest BCUT2D eigenvalue weighted by Crippen LogP contribution is 2.46. The Hall–Kier alpha value is -0.110. The number of thioether (sulfide) groups is 1. The van der Waals surface area contributed by atoms with Crippen LogP contribution in [-0.2, 0) is 18.9 Å². The minimum absolute atomic E-state index is 0.0378. The molecule has 2 heterocycles. The summed E-state index contributed by atoms with van der Waals surface area (Å²) in [4.78, 5) is 0. The van der Waals surface area contributed by atoms with Crippen molar-refractivity contribution in [1.29, 1.82) is 0 Å². The standard InChI is InChI=1S/C14H22O4S2/c1-4-17-14(16-3)18-12-9-10(5-7-15-2)20-13-11(12)6-8-19-13/h6,8,10,12,14H,4-5,7,9H2,1-3H3. The largest absolute Gasteiger partial charge is 0.385 e. The van der Waals surface area contributed by atoms with Crippen molar-refractivity contribution in [3.63, 3.8) is 0 Å². The van der Waals surface area contributed by atoms with Crippen LogP contribution in [0, 0.1) is 0 Å². The second-order valence-electron chi connectivity index (χ2n) is 4.52. The van der Waals surface area contributed by atoms with Gasteiger partial charge in [-0.05, 0) is 31.2 Å². The van der Waals surface area contributed by atoms with E-state index in [9.17, 15) is 0 Å². The van der Waals surface area contributed by atoms with E-state index >= 15 is 0 Å². The van der Waals surface area contributed by atoms with Crippen molar-refractivity contribution >= 4 is 23.1 Å². The molecule has 0 radical (unpaired) electrons. The van der Waals surface area contributed by atoms with E-state index in [0.29, 0.717) is 11.9 Å². The molecule has 1 aliphatic heterocycles. The van der Waals surface area contributed by atoms with E-state index < -0.39 is 6.48 Å². The molecule has 0 N–H and O–H groups in total. The van der Waals surface area contributed by atoms with Crippen molar-refractivity contribution in [2.75, 3.05) is 27.4 Å². The molecule has 6 heteroatoms. The molecule has 0 saturated carbocycles. The molecular formula is C14H22O4S2. The fourth-order valence-corrected chi connectivity index (χ4v) is 4.79. The Bertz CT molecular complexity index is 396. The van der Waals surface area contributed by atoms with Crippen LogP contribution in [0.2, 0.25) is 0 Å². The third-order valence-electron chi connectivity index (χ3n) is 3.17. The Morgan fingerprint density at radius 3 is 2.95 bits per heavy atom. The van der Waals surface area contributed by atoms with Crippen molar-refractivity contribution in [1.82, 2.24) is 0 Å². The normalized spacial score (nSPS) is 23.6. The van der Waals surface area contributed by atoms with E-state index in [4.69, 9.17) is 18.9 Å². The average Bonchev–Trinajstić information content (AvgIpc) is 2.93. The highest BCUT2D eigenvalue weighted by molar-refractivity contribution is 8.01. The predicted octanol–water partition coefficient (Wildman–Crippen LogP) is 3.67. The number of methoxy groups -OCH3 is 2. The quantitative estimate of drug-likeness (QED) is 0.684. The number of hydrogen-bond acceptors (Lipinski definition) is 6. The number of fused-ring (bicyclic) bond motifs is 1. The molecule has 114 valence electrons. The predicted molar refractivity (Wildman–Crippen MR) is 81.3 cm³/mol. The molecule has 0 aliphatic carbocycles. The van der Waals surface area contributed by atoms with Gasteiger partial charge in [-0.1, -0.05) is 0 Å². The molecule has 3 atom stereocenters. The van der Waals surface area contributed by atoms with Gasteiger partial charge in [-0.25, -0.2) is 0 Å². The third-order valence-corrected chi connectivity index (χ3v) is 5.68.